The van der Waals surface area contributed by atoms with Crippen molar-refractivity contribution >= 4 is 5.84 Å². The van der Waals surface area contributed by atoms with Crippen molar-refractivity contribution in [3.63, 3.8) is 0 Å². The van der Waals surface area contributed by atoms with Crippen LogP contribution in [0.3, 0.4) is 0 Å². The smallest absolute Gasteiger partial charge is 0.275 e. The second-order valence-electron chi connectivity index (χ2n) is 3.97. The third-order valence-electron chi connectivity index (χ3n) is 2.88. The molecule has 0 saturated heterocycles. The highest BCUT2D eigenvalue weighted by Crippen LogP contribution is 2.17. The Labute approximate surface area is 107 Å². The molecule has 1 heterocycles. The van der Waals surface area contributed by atoms with Crippen molar-refractivity contribution in [2.24, 2.45) is 5.73 Å². The van der Waals surface area contributed by atoms with Crippen LogP contribution in [-0.4, -0.2) is 30.2 Å². The third-order valence-corrected chi connectivity index (χ3v) is 2.88. The van der Waals surface area contributed by atoms with Crippen molar-refractivity contribution < 1.29 is 26.3 Å². The zero-order chi connectivity index (χ0) is 10.8. The monoisotopic (exact) mass is 284 g/mol. The summed E-state index contributed by atoms with van der Waals surface area (Å²) in [6.45, 7) is 3.73. The van der Waals surface area contributed by atoms with Crippen LogP contribution in [-0.2, 0) is 11.3 Å². The number of benzene rings is 1. The Kier molecular flexibility index (Phi) is 4.50. The van der Waals surface area contributed by atoms with Crippen LogP contribution in [0.5, 0.6) is 0 Å². The number of fused-ring (bicyclic) bond motifs is 1. The number of hydrogen-bond donors (Lipinski definition) is 1. The molecular formula is C12H17BrN2O. The molecule has 1 aliphatic rings. The van der Waals surface area contributed by atoms with E-state index < -0.39 is 0 Å². The Morgan fingerprint density at radius 2 is 2.12 bits per heavy atom. The molecule has 0 amide bonds. The first-order valence-corrected chi connectivity index (χ1v) is 5.20. The molecule has 4 heteroatoms. The van der Waals surface area contributed by atoms with Gasteiger partial charge in [0.15, 0.2) is 0 Å². The lowest BCUT2D eigenvalue weighted by molar-refractivity contribution is -0.576. The van der Waals surface area contributed by atoms with Crippen molar-refractivity contribution in [1.82, 2.24) is 0 Å². The molecule has 1 aromatic carbocycles. The fourth-order valence-corrected chi connectivity index (χ4v) is 2.06. The third kappa shape index (κ3) is 2.28. The summed E-state index contributed by atoms with van der Waals surface area (Å²) in [7, 11) is 1.72. The fourth-order valence-electron chi connectivity index (χ4n) is 2.06. The molecule has 1 aromatic rings. The van der Waals surface area contributed by atoms with Gasteiger partial charge in [-0.2, -0.15) is 0 Å². The zero-order valence-corrected chi connectivity index (χ0v) is 11.2. The van der Waals surface area contributed by atoms with Crippen LogP contribution in [0.15, 0.2) is 24.3 Å². The van der Waals surface area contributed by atoms with E-state index >= 15 is 0 Å². The predicted molar refractivity (Wildman–Crippen MR) is 60.0 cm³/mol. The summed E-state index contributed by atoms with van der Waals surface area (Å²) in [5.74, 6) is 0.871. The van der Waals surface area contributed by atoms with Crippen LogP contribution in [0.4, 0.5) is 0 Å². The van der Waals surface area contributed by atoms with E-state index in [1.807, 2.05) is 6.07 Å². The van der Waals surface area contributed by atoms with Crippen molar-refractivity contribution in [3.05, 3.63) is 35.4 Å². The minimum atomic E-state index is 0. The van der Waals surface area contributed by atoms with E-state index in [-0.39, 0.29) is 17.0 Å². The topological polar surface area (TPSA) is 38.3 Å². The first-order chi connectivity index (χ1) is 7.24. The number of ether oxygens (including phenoxy) is 1. The van der Waals surface area contributed by atoms with Crippen molar-refractivity contribution in [2.75, 3.05) is 13.7 Å². The first-order valence-electron chi connectivity index (χ1n) is 5.20. The average Bonchev–Trinajstić information content (AvgIpc) is 2.57. The van der Waals surface area contributed by atoms with Gasteiger partial charge >= 0.3 is 0 Å². The molecule has 88 valence electrons. The number of methoxy groups -OCH3 is 1. The van der Waals surface area contributed by atoms with Gasteiger partial charge in [0, 0.05) is 12.7 Å². The summed E-state index contributed by atoms with van der Waals surface area (Å²) >= 11 is 0. The molecule has 2 N–H and O–H groups in total. The highest BCUT2D eigenvalue weighted by Gasteiger charge is 2.27. The standard InChI is InChI=1S/C12H16N2O.BrH/c1-9(8-15-2)14-7-10-5-3-4-6-11(10)12(14)13;/h3-6,9,13H,7-8H2,1-2H3;1H. The van der Waals surface area contributed by atoms with Crippen LogP contribution in [0.25, 0.3) is 0 Å². The van der Waals surface area contributed by atoms with Gasteiger partial charge in [0.2, 0.25) is 0 Å². The SMILES string of the molecule is COCC(C)[N+]1=C(N)c2ccccc2C1.[Br-]. The van der Waals surface area contributed by atoms with Gasteiger partial charge in [-0.1, -0.05) is 18.2 Å². The first kappa shape index (κ1) is 13.2. The van der Waals surface area contributed by atoms with Gasteiger partial charge in [0.1, 0.15) is 12.6 Å². The molecule has 1 aliphatic heterocycles. The molecular weight excluding hydrogens is 268 g/mol. The summed E-state index contributed by atoms with van der Waals surface area (Å²) in [6.07, 6.45) is 0. The number of amidine groups is 1. The highest BCUT2D eigenvalue weighted by atomic mass is 79.9. The van der Waals surface area contributed by atoms with E-state index in [4.69, 9.17) is 10.5 Å². The van der Waals surface area contributed by atoms with Crippen LogP contribution in [0, 0.1) is 0 Å². The molecule has 0 saturated carbocycles. The van der Waals surface area contributed by atoms with E-state index in [9.17, 15) is 0 Å². The minimum Gasteiger partial charge on any atom is -1.00 e. The van der Waals surface area contributed by atoms with E-state index in [0.717, 1.165) is 12.4 Å². The van der Waals surface area contributed by atoms with E-state index in [1.54, 1.807) is 7.11 Å². The maximum Gasteiger partial charge on any atom is 0.275 e. The molecule has 16 heavy (non-hydrogen) atoms. The van der Waals surface area contributed by atoms with Crippen molar-refractivity contribution in [1.29, 1.82) is 0 Å². The Balaban J connectivity index is 0.00000128. The van der Waals surface area contributed by atoms with Crippen molar-refractivity contribution in [3.8, 4) is 0 Å². The van der Waals surface area contributed by atoms with Gasteiger partial charge < -0.3 is 21.7 Å². The van der Waals surface area contributed by atoms with Gasteiger partial charge in [-0.3, -0.25) is 10.3 Å². The maximum atomic E-state index is 6.11. The zero-order valence-electron chi connectivity index (χ0n) is 9.61. The molecule has 0 radical (unpaired) electrons. The number of nitrogens with two attached hydrogens (primary N) is 1. The lowest BCUT2D eigenvalue weighted by Gasteiger charge is -2.11. The number of halogens is 1. The number of nitrogens with zero attached hydrogens (tertiary/aromatic N) is 1. The fraction of sp³-hybridized carbons (Fsp3) is 0.417. The number of rotatable bonds is 3. The lowest BCUT2D eigenvalue weighted by Crippen LogP contribution is -3.00. The molecule has 1 atom stereocenters. The van der Waals surface area contributed by atoms with E-state index in [2.05, 4.69) is 29.7 Å². The highest BCUT2D eigenvalue weighted by molar-refractivity contribution is 5.96. The normalized spacial score (nSPS) is 15.6. The predicted octanol–water partition coefficient (Wildman–Crippen LogP) is -2.04. The van der Waals surface area contributed by atoms with Gasteiger partial charge in [-0.25, -0.2) is 0 Å². The summed E-state index contributed by atoms with van der Waals surface area (Å²) in [5, 5.41) is 0. The van der Waals surface area contributed by atoms with Crippen LogP contribution < -0.4 is 22.7 Å². The molecule has 3 nitrogen and oxygen atoms in total. The Hall–Kier alpha value is -0.870. The largest absolute Gasteiger partial charge is 1.00 e. The van der Waals surface area contributed by atoms with Crippen molar-refractivity contribution in [2.45, 2.75) is 19.5 Å². The van der Waals surface area contributed by atoms with Gasteiger partial charge in [0.05, 0.1) is 12.2 Å². The van der Waals surface area contributed by atoms with Crippen LogP contribution >= 0.6 is 0 Å². The summed E-state index contributed by atoms with van der Waals surface area (Å²) in [5.41, 5.74) is 8.58. The average molecular weight is 285 g/mol. The molecule has 0 spiro atoms. The Morgan fingerprint density at radius 1 is 1.44 bits per heavy atom. The maximum absolute atomic E-state index is 6.11. The second kappa shape index (κ2) is 5.46. The molecule has 2 rings (SSSR count). The minimum absolute atomic E-state index is 0. The Bertz CT molecular complexity index is 404. The molecule has 0 aromatic heterocycles. The van der Waals surface area contributed by atoms with Crippen LogP contribution in [0.1, 0.15) is 18.1 Å². The van der Waals surface area contributed by atoms with Crippen LogP contribution in [0.2, 0.25) is 0 Å². The molecule has 0 aliphatic carbocycles. The molecule has 0 bridgehead atoms. The summed E-state index contributed by atoms with van der Waals surface area (Å²) in [6, 6.07) is 8.60. The van der Waals surface area contributed by atoms with E-state index in [0.29, 0.717) is 12.6 Å². The van der Waals surface area contributed by atoms with E-state index in [1.165, 1.54) is 11.1 Å². The van der Waals surface area contributed by atoms with Gasteiger partial charge in [-0.15, -0.1) is 0 Å². The lowest BCUT2D eigenvalue weighted by atomic mass is 10.1. The quantitative estimate of drug-likeness (QED) is 0.650. The summed E-state index contributed by atoms with van der Waals surface area (Å²) < 4.78 is 7.34. The van der Waals surface area contributed by atoms with Gasteiger partial charge in [0.25, 0.3) is 5.84 Å². The van der Waals surface area contributed by atoms with Gasteiger partial charge in [-0.05, 0) is 13.0 Å². The second-order valence-corrected chi connectivity index (χ2v) is 3.97. The summed E-state index contributed by atoms with van der Waals surface area (Å²) in [4.78, 5) is 0. The number of hydrogen-bond acceptors (Lipinski definition) is 2. The molecule has 1 unspecified atom stereocenters. The molecule has 0 fully saturated rings. The Morgan fingerprint density at radius 3 is 2.75 bits per heavy atom.